The number of rotatable bonds is 5. The predicted octanol–water partition coefficient (Wildman–Crippen LogP) is -2.86. The monoisotopic (exact) mass is 249 g/mol. The standard InChI is InChI=1S/C8H15N3O2S2/c1-15-3-2-6(7(12)13)11-4-9-8(14)10-5-11/h6H,2-5H2,1H3,(H,12,13)(H2,9,10,14)/t6-/m0/s1. The minimum Gasteiger partial charge on any atom is -0.544 e. The predicted molar refractivity (Wildman–Crippen MR) is 61.4 cm³/mol. The Hall–Kier alpha value is -0.530. The topological polar surface area (TPSA) is 68.6 Å². The highest BCUT2D eigenvalue weighted by molar-refractivity contribution is 7.98. The second kappa shape index (κ2) is 6.14. The van der Waals surface area contributed by atoms with Gasteiger partial charge in [-0.25, -0.2) is 0 Å². The van der Waals surface area contributed by atoms with E-state index in [0.717, 1.165) is 10.7 Å². The Morgan fingerprint density at radius 2 is 2.27 bits per heavy atom. The Labute approximate surface area is 98.6 Å². The maximum atomic E-state index is 11.0. The quantitative estimate of drug-likeness (QED) is 0.455. The molecule has 0 aromatic heterocycles. The molecule has 0 spiro atoms. The van der Waals surface area contributed by atoms with Gasteiger partial charge in [-0.15, -0.1) is 0 Å². The fraction of sp³-hybridized carbons (Fsp3) is 0.750. The molecule has 86 valence electrons. The van der Waals surface area contributed by atoms with Crippen molar-refractivity contribution >= 4 is 35.1 Å². The van der Waals surface area contributed by atoms with Gasteiger partial charge >= 0.3 is 0 Å². The summed E-state index contributed by atoms with van der Waals surface area (Å²) in [6.45, 7) is 1.08. The number of hydrogen-bond donors (Lipinski definition) is 3. The summed E-state index contributed by atoms with van der Waals surface area (Å²) in [7, 11) is 0. The van der Waals surface area contributed by atoms with Crippen LogP contribution < -0.4 is 20.6 Å². The molecule has 1 saturated heterocycles. The van der Waals surface area contributed by atoms with E-state index < -0.39 is 12.0 Å². The van der Waals surface area contributed by atoms with E-state index in [1.165, 1.54) is 0 Å². The van der Waals surface area contributed by atoms with Crippen LogP contribution in [0.3, 0.4) is 0 Å². The van der Waals surface area contributed by atoms with E-state index >= 15 is 0 Å². The third-order valence-electron chi connectivity index (χ3n) is 2.34. The Bertz CT molecular complexity index is 240. The first-order valence-electron chi connectivity index (χ1n) is 4.71. The van der Waals surface area contributed by atoms with Crippen LogP contribution in [0.25, 0.3) is 0 Å². The molecule has 3 N–H and O–H groups in total. The molecule has 0 aromatic carbocycles. The highest BCUT2D eigenvalue weighted by atomic mass is 32.2. The molecule has 1 atom stereocenters. The average Bonchev–Trinajstić information content (AvgIpc) is 2.21. The summed E-state index contributed by atoms with van der Waals surface area (Å²) in [5.74, 6) is -0.164. The summed E-state index contributed by atoms with van der Waals surface area (Å²) in [4.78, 5) is 11.9. The van der Waals surface area contributed by atoms with Crippen molar-refractivity contribution < 1.29 is 14.8 Å². The van der Waals surface area contributed by atoms with Crippen LogP contribution in [0.4, 0.5) is 0 Å². The van der Waals surface area contributed by atoms with E-state index in [9.17, 15) is 9.90 Å². The van der Waals surface area contributed by atoms with Gasteiger partial charge < -0.3 is 20.5 Å². The SMILES string of the molecule is CSCC[C@@H](C(=O)[O-])[NH+]1CNC(=S)NC1. The van der Waals surface area contributed by atoms with Crippen LogP contribution in [0, 0.1) is 0 Å². The average molecular weight is 249 g/mol. The number of nitrogens with one attached hydrogen (secondary N) is 3. The summed E-state index contributed by atoms with van der Waals surface area (Å²) in [5, 5.41) is 17.4. The number of aliphatic carboxylic acids is 1. The van der Waals surface area contributed by atoms with Gasteiger partial charge in [-0.05, 0) is 24.2 Å². The van der Waals surface area contributed by atoms with Crippen molar-refractivity contribution in [2.75, 3.05) is 25.3 Å². The number of carbonyl (C=O) groups is 1. The summed E-state index contributed by atoms with van der Waals surface area (Å²) in [5.41, 5.74) is 0. The Morgan fingerprint density at radius 3 is 2.73 bits per heavy atom. The number of thioether (sulfide) groups is 1. The van der Waals surface area contributed by atoms with Crippen molar-refractivity contribution in [3.8, 4) is 0 Å². The normalized spacial score (nSPS) is 19.1. The third-order valence-corrected chi connectivity index (χ3v) is 3.27. The van der Waals surface area contributed by atoms with Gasteiger partial charge in [-0.3, -0.25) is 4.90 Å². The van der Waals surface area contributed by atoms with Crippen molar-refractivity contribution in [3.63, 3.8) is 0 Å². The number of carboxylic acids is 1. The minimum atomic E-state index is -0.990. The van der Waals surface area contributed by atoms with Gasteiger partial charge in [0.15, 0.2) is 18.4 Å². The molecule has 0 bridgehead atoms. The van der Waals surface area contributed by atoms with Gasteiger partial charge in [-0.1, -0.05) is 0 Å². The summed E-state index contributed by atoms with van der Waals surface area (Å²) in [6, 6.07) is -0.472. The van der Waals surface area contributed by atoms with E-state index in [-0.39, 0.29) is 0 Å². The van der Waals surface area contributed by atoms with Gasteiger partial charge in [0.05, 0.1) is 5.97 Å². The summed E-state index contributed by atoms with van der Waals surface area (Å²) in [6.07, 6.45) is 2.58. The van der Waals surface area contributed by atoms with Crippen LogP contribution >= 0.6 is 24.0 Å². The maximum Gasteiger partial charge on any atom is 0.174 e. The van der Waals surface area contributed by atoms with E-state index in [1.807, 2.05) is 6.26 Å². The van der Waals surface area contributed by atoms with E-state index in [4.69, 9.17) is 12.2 Å². The molecular formula is C8H15N3O2S2. The van der Waals surface area contributed by atoms with Crippen LogP contribution in [0.2, 0.25) is 0 Å². The molecule has 7 heteroatoms. The lowest BCUT2D eigenvalue weighted by molar-refractivity contribution is -0.924. The number of quaternary nitrogens is 1. The van der Waals surface area contributed by atoms with Crippen molar-refractivity contribution in [2.45, 2.75) is 12.5 Å². The zero-order chi connectivity index (χ0) is 11.3. The lowest BCUT2D eigenvalue weighted by Crippen LogP contribution is -3.21. The summed E-state index contributed by atoms with van der Waals surface area (Å²) >= 11 is 6.54. The van der Waals surface area contributed by atoms with Crippen LogP contribution in [0.1, 0.15) is 6.42 Å². The first-order valence-corrected chi connectivity index (χ1v) is 6.51. The van der Waals surface area contributed by atoms with Gasteiger partial charge in [0.1, 0.15) is 6.04 Å². The summed E-state index contributed by atoms with van der Waals surface area (Å²) < 4.78 is 0. The van der Waals surface area contributed by atoms with Crippen LogP contribution in [-0.4, -0.2) is 42.5 Å². The molecule has 1 aliphatic heterocycles. The molecule has 0 saturated carbocycles. The highest BCUT2D eigenvalue weighted by Crippen LogP contribution is 1.97. The molecule has 0 aliphatic carbocycles. The van der Waals surface area contributed by atoms with Crippen molar-refractivity contribution in [1.82, 2.24) is 10.6 Å². The molecule has 0 amide bonds. The molecule has 0 unspecified atom stereocenters. The van der Waals surface area contributed by atoms with Gasteiger partial charge in [0.2, 0.25) is 0 Å². The number of carboxylic acid groups (broad SMARTS) is 1. The van der Waals surface area contributed by atoms with E-state index in [1.54, 1.807) is 11.8 Å². The fourth-order valence-corrected chi connectivity index (χ4v) is 2.10. The molecule has 1 fully saturated rings. The van der Waals surface area contributed by atoms with Gasteiger partial charge in [0.25, 0.3) is 0 Å². The maximum absolute atomic E-state index is 11.0. The first-order chi connectivity index (χ1) is 7.15. The number of thiocarbonyl (C=S) groups is 1. The number of carbonyl (C=O) groups excluding carboxylic acids is 1. The molecular weight excluding hydrogens is 234 g/mol. The fourth-order valence-electron chi connectivity index (χ4n) is 1.48. The smallest absolute Gasteiger partial charge is 0.174 e. The largest absolute Gasteiger partial charge is 0.544 e. The van der Waals surface area contributed by atoms with Crippen molar-refractivity contribution in [2.24, 2.45) is 0 Å². The second-order valence-electron chi connectivity index (χ2n) is 3.35. The van der Waals surface area contributed by atoms with Crippen LogP contribution in [0.15, 0.2) is 0 Å². The van der Waals surface area contributed by atoms with E-state index in [0.29, 0.717) is 24.9 Å². The van der Waals surface area contributed by atoms with Gasteiger partial charge in [-0.2, -0.15) is 11.8 Å². The molecule has 1 aliphatic rings. The Kier molecular flexibility index (Phi) is 5.13. The molecule has 0 radical (unpaired) electrons. The molecule has 0 aromatic rings. The molecule has 1 rings (SSSR count). The van der Waals surface area contributed by atoms with E-state index in [2.05, 4.69) is 10.6 Å². The Balaban J connectivity index is 2.48. The number of hydrogen-bond acceptors (Lipinski definition) is 4. The van der Waals surface area contributed by atoms with Crippen molar-refractivity contribution in [1.29, 1.82) is 0 Å². The molecule has 1 heterocycles. The lowest BCUT2D eigenvalue weighted by Gasteiger charge is -2.33. The third kappa shape index (κ3) is 3.84. The molecule has 5 nitrogen and oxygen atoms in total. The first kappa shape index (κ1) is 12.5. The van der Waals surface area contributed by atoms with Crippen LogP contribution in [0.5, 0.6) is 0 Å². The minimum absolute atomic E-state index is 0.472. The highest BCUT2D eigenvalue weighted by Gasteiger charge is 2.25. The lowest BCUT2D eigenvalue weighted by atomic mass is 10.2. The second-order valence-corrected chi connectivity index (χ2v) is 4.74. The van der Waals surface area contributed by atoms with Crippen LogP contribution in [-0.2, 0) is 4.79 Å². The van der Waals surface area contributed by atoms with Crippen molar-refractivity contribution in [3.05, 3.63) is 0 Å². The zero-order valence-electron chi connectivity index (χ0n) is 8.54. The van der Waals surface area contributed by atoms with Gasteiger partial charge in [0, 0.05) is 6.42 Å². The molecule has 15 heavy (non-hydrogen) atoms. The zero-order valence-corrected chi connectivity index (χ0v) is 10.2. The Morgan fingerprint density at radius 1 is 1.67 bits per heavy atom.